The number of hydrogen-bond acceptors (Lipinski definition) is 2. The molecule has 0 aromatic heterocycles. The summed E-state index contributed by atoms with van der Waals surface area (Å²) in [6.45, 7) is 6.58. The van der Waals surface area contributed by atoms with Crippen LogP contribution < -0.4 is 5.73 Å². The highest BCUT2D eigenvalue weighted by atomic mass is 19.1. The summed E-state index contributed by atoms with van der Waals surface area (Å²) in [6, 6.07) is 7.15. The van der Waals surface area contributed by atoms with Crippen molar-refractivity contribution in [3.63, 3.8) is 0 Å². The molecule has 1 aromatic carbocycles. The lowest BCUT2D eigenvalue weighted by molar-refractivity contribution is 0.203. The Hall–Kier alpha value is -0.930. The smallest absolute Gasteiger partial charge is 0.123 e. The molecule has 2 nitrogen and oxygen atoms in total. The highest BCUT2D eigenvalue weighted by molar-refractivity contribution is 5.22. The minimum atomic E-state index is -0.183. The summed E-state index contributed by atoms with van der Waals surface area (Å²) >= 11 is 0. The van der Waals surface area contributed by atoms with E-state index < -0.39 is 0 Å². The maximum absolute atomic E-state index is 13.0. The van der Waals surface area contributed by atoms with Crippen LogP contribution in [0.15, 0.2) is 24.3 Å². The lowest BCUT2D eigenvalue weighted by Gasteiger charge is -2.32. The van der Waals surface area contributed by atoms with Gasteiger partial charge in [-0.3, -0.25) is 4.90 Å². The van der Waals surface area contributed by atoms with E-state index in [-0.39, 0.29) is 17.9 Å². The fourth-order valence-corrected chi connectivity index (χ4v) is 2.83. The van der Waals surface area contributed by atoms with Gasteiger partial charge >= 0.3 is 0 Å². The predicted octanol–water partition coefficient (Wildman–Crippen LogP) is 2.95. The van der Waals surface area contributed by atoms with Crippen molar-refractivity contribution in [3.8, 4) is 0 Å². The van der Waals surface area contributed by atoms with Gasteiger partial charge in [0.05, 0.1) is 0 Å². The van der Waals surface area contributed by atoms with Gasteiger partial charge in [-0.05, 0) is 43.0 Å². The Morgan fingerprint density at radius 2 is 2.06 bits per heavy atom. The third-order valence-electron chi connectivity index (χ3n) is 3.94. The number of nitrogens with two attached hydrogens (primary N) is 1. The number of likely N-dealkylation sites (tertiary alicyclic amines) is 1. The Kier molecular flexibility index (Phi) is 4.36. The third-order valence-corrected chi connectivity index (χ3v) is 3.94. The van der Waals surface area contributed by atoms with Crippen LogP contribution in [0.4, 0.5) is 4.39 Å². The topological polar surface area (TPSA) is 29.3 Å². The Balaban J connectivity index is 2.22. The van der Waals surface area contributed by atoms with Crippen LogP contribution in [0.2, 0.25) is 0 Å². The molecule has 3 atom stereocenters. The lowest BCUT2D eigenvalue weighted by Crippen LogP contribution is -2.39. The van der Waals surface area contributed by atoms with Crippen molar-refractivity contribution >= 4 is 0 Å². The van der Waals surface area contributed by atoms with Crippen LogP contribution in [-0.4, -0.2) is 24.0 Å². The summed E-state index contributed by atoms with van der Waals surface area (Å²) in [5.41, 5.74) is 7.42. The molecule has 0 aliphatic carbocycles. The molecule has 2 N–H and O–H groups in total. The summed E-state index contributed by atoms with van der Waals surface area (Å²) < 4.78 is 13.0. The van der Waals surface area contributed by atoms with Gasteiger partial charge in [0.25, 0.3) is 0 Å². The molecule has 0 radical (unpaired) electrons. The molecular formula is C15H23FN2. The SMILES string of the molecule is CCC(N)C(c1ccc(F)cc1)N1CCC(C)C1. The summed E-state index contributed by atoms with van der Waals surface area (Å²) in [5.74, 6) is 0.550. The second-order valence-corrected chi connectivity index (χ2v) is 5.46. The second-order valence-electron chi connectivity index (χ2n) is 5.46. The average molecular weight is 250 g/mol. The van der Waals surface area contributed by atoms with Gasteiger partial charge in [0.1, 0.15) is 5.82 Å². The Morgan fingerprint density at radius 1 is 1.39 bits per heavy atom. The quantitative estimate of drug-likeness (QED) is 0.890. The first-order valence-electron chi connectivity index (χ1n) is 6.87. The van der Waals surface area contributed by atoms with E-state index in [9.17, 15) is 4.39 Å². The zero-order valence-electron chi connectivity index (χ0n) is 11.3. The van der Waals surface area contributed by atoms with Crippen LogP contribution in [0.25, 0.3) is 0 Å². The first-order valence-corrected chi connectivity index (χ1v) is 6.87. The summed E-state index contributed by atoms with van der Waals surface area (Å²) in [6.07, 6.45) is 2.17. The van der Waals surface area contributed by atoms with E-state index in [1.165, 1.54) is 18.6 Å². The highest BCUT2D eigenvalue weighted by Crippen LogP contribution is 2.30. The van der Waals surface area contributed by atoms with E-state index in [2.05, 4.69) is 18.7 Å². The molecule has 100 valence electrons. The third kappa shape index (κ3) is 2.90. The van der Waals surface area contributed by atoms with Gasteiger partial charge in [-0.1, -0.05) is 26.0 Å². The van der Waals surface area contributed by atoms with Gasteiger partial charge in [-0.25, -0.2) is 4.39 Å². The Labute approximate surface area is 109 Å². The van der Waals surface area contributed by atoms with Crippen molar-refractivity contribution in [2.45, 2.75) is 38.8 Å². The van der Waals surface area contributed by atoms with E-state index in [0.29, 0.717) is 0 Å². The highest BCUT2D eigenvalue weighted by Gasteiger charge is 2.30. The van der Waals surface area contributed by atoms with E-state index >= 15 is 0 Å². The lowest BCUT2D eigenvalue weighted by atomic mass is 9.96. The first kappa shape index (κ1) is 13.5. The zero-order valence-corrected chi connectivity index (χ0v) is 11.3. The molecule has 1 heterocycles. The normalized spacial score (nSPS) is 24.1. The van der Waals surface area contributed by atoms with Crippen LogP contribution in [-0.2, 0) is 0 Å². The number of nitrogens with zero attached hydrogens (tertiary/aromatic N) is 1. The molecule has 0 spiro atoms. The van der Waals surface area contributed by atoms with Gasteiger partial charge < -0.3 is 5.73 Å². The largest absolute Gasteiger partial charge is 0.326 e. The van der Waals surface area contributed by atoms with Crippen molar-refractivity contribution in [2.24, 2.45) is 11.7 Å². The minimum Gasteiger partial charge on any atom is -0.326 e. The number of hydrogen-bond donors (Lipinski definition) is 1. The number of benzene rings is 1. The van der Waals surface area contributed by atoms with Crippen molar-refractivity contribution in [2.75, 3.05) is 13.1 Å². The molecule has 0 saturated carbocycles. The van der Waals surface area contributed by atoms with Crippen molar-refractivity contribution in [1.82, 2.24) is 4.90 Å². The zero-order chi connectivity index (χ0) is 13.1. The molecule has 2 rings (SSSR count). The molecule has 1 fully saturated rings. The molecular weight excluding hydrogens is 227 g/mol. The molecule has 1 aliphatic rings. The predicted molar refractivity (Wildman–Crippen MR) is 72.8 cm³/mol. The van der Waals surface area contributed by atoms with E-state index in [1.807, 2.05) is 12.1 Å². The summed E-state index contributed by atoms with van der Waals surface area (Å²) in [7, 11) is 0. The van der Waals surface area contributed by atoms with E-state index in [4.69, 9.17) is 5.73 Å². The van der Waals surface area contributed by atoms with Crippen molar-refractivity contribution in [3.05, 3.63) is 35.6 Å². The molecule has 0 amide bonds. The van der Waals surface area contributed by atoms with Gasteiger partial charge in [-0.2, -0.15) is 0 Å². The minimum absolute atomic E-state index is 0.112. The van der Waals surface area contributed by atoms with Gasteiger partial charge in [-0.15, -0.1) is 0 Å². The van der Waals surface area contributed by atoms with Gasteiger partial charge in [0, 0.05) is 18.6 Å². The van der Waals surface area contributed by atoms with Crippen LogP contribution in [0.5, 0.6) is 0 Å². The molecule has 3 heteroatoms. The van der Waals surface area contributed by atoms with Crippen LogP contribution in [0, 0.1) is 11.7 Å². The standard InChI is InChI=1S/C15H23FN2/c1-3-14(17)15(18-9-8-11(2)10-18)12-4-6-13(16)7-5-12/h4-7,11,14-15H,3,8-10,17H2,1-2H3. The molecule has 1 aliphatic heterocycles. The average Bonchev–Trinajstić information content (AvgIpc) is 2.78. The first-order chi connectivity index (χ1) is 8.61. The fourth-order valence-electron chi connectivity index (χ4n) is 2.83. The van der Waals surface area contributed by atoms with Crippen LogP contribution in [0.1, 0.15) is 38.3 Å². The fraction of sp³-hybridized carbons (Fsp3) is 0.600. The van der Waals surface area contributed by atoms with E-state index in [1.54, 1.807) is 0 Å². The number of halogens is 1. The summed E-state index contributed by atoms with van der Waals surface area (Å²) in [5, 5.41) is 0. The molecule has 0 bridgehead atoms. The van der Waals surface area contributed by atoms with E-state index in [0.717, 1.165) is 31.0 Å². The van der Waals surface area contributed by atoms with Crippen molar-refractivity contribution < 1.29 is 4.39 Å². The van der Waals surface area contributed by atoms with Crippen LogP contribution in [0.3, 0.4) is 0 Å². The maximum atomic E-state index is 13.0. The molecule has 1 aromatic rings. The molecule has 3 unspecified atom stereocenters. The Morgan fingerprint density at radius 3 is 2.56 bits per heavy atom. The molecule has 1 saturated heterocycles. The monoisotopic (exact) mass is 250 g/mol. The second kappa shape index (κ2) is 5.81. The van der Waals surface area contributed by atoms with Crippen molar-refractivity contribution in [1.29, 1.82) is 0 Å². The van der Waals surface area contributed by atoms with Gasteiger partial charge in [0.15, 0.2) is 0 Å². The van der Waals surface area contributed by atoms with Gasteiger partial charge in [0.2, 0.25) is 0 Å². The number of rotatable bonds is 4. The molecule has 18 heavy (non-hydrogen) atoms. The maximum Gasteiger partial charge on any atom is 0.123 e. The Bertz CT molecular complexity index is 377. The summed E-state index contributed by atoms with van der Waals surface area (Å²) in [4.78, 5) is 2.45. The van der Waals surface area contributed by atoms with Crippen LogP contribution >= 0.6 is 0 Å².